The average molecular weight is 347 g/mol. The molecule has 0 bridgehead atoms. The Morgan fingerprint density at radius 1 is 1.12 bits per heavy atom. The lowest BCUT2D eigenvalue weighted by Gasteiger charge is -2.39. The van der Waals surface area contributed by atoms with E-state index in [1.807, 2.05) is 23.1 Å². The molecule has 0 spiro atoms. The lowest BCUT2D eigenvalue weighted by atomic mass is 10.2. The van der Waals surface area contributed by atoms with E-state index in [1.54, 1.807) is 7.11 Å². The van der Waals surface area contributed by atoms with Crippen LogP contribution in [0.1, 0.15) is 13.8 Å². The summed E-state index contributed by atoms with van der Waals surface area (Å²) in [6.07, 6.45) is 0.387. The normalized spacial score (nSPS) is 25.1. The van der Waals surface area contributed by atoms with Gasteiger partial charge < -0.3 is 19.3 Å². The Morgan fingerprint density at radius 2 is 1.76 bits per heavy atom. The van der Waals surface area contributed by atoms with E-state index in [4.69, 9.17) is 9.47 Å². The van der Waals surface area contributed by atoms with Crippen LogP contribution in [0.25, 0.3) is 0 Å². The Balaban J connectivity index is 1.52. The van der Waals surface area contributed by atoms with Crippen LogP contribution in [-0.2, 0) is 9.53 Å². The van der Waals surface area contributed by atoms with E-state index in [0.29, 0.717) is 6.54 Å². The summed E-state index contributed by atoms with van der Waals surface area (Å²) in [5.74, 6) is 1.11. The molecule has 6 heteroatoms. The number of carbonyl (C=O) groups is 1. The summed E-state index contributed by atoms with van der Waals surface area (Å²) in [6.45, 7) is 9.47. The number of para-hydroxylation sites is 2. The molecule has 2 heterocycles. The zero-order valence-electron chi connectivity index (χ0n) is 15.5. The summed E-state index contributed by atoms with van der Waals surface area (Å²) in [5.41, 5.74) is 1.10. The number of methoxy groups -OCH3 is 1. The summed E-state index contributed by atoms with van der Waals surface area (Å²) < 4.78 is 11.2. The topological polar surface area (TPSA) is 45.2 Å². The van der Waals surface area contributed by atoms with Crippen LogP contribution < -0.4 is 9.64 Å². The van der Waals surface area contributed by atoms with E-state index in [0.717, 1.165) is 50.7 Å². The summed E-state index contributed by atoms with van der Waals surface area (Å²) in [7, 11) is 1.70. The van der Waals surface area contributed by atoms with Gasteiger partial charge in [-0.15, -0.1) is 0 Å². The van der Waals surface area contributed by atoms with Gasteiger partial charge in [0.2, 0.25) is 5.91 Å². The van der Waals surface area contributed by atoms with Crippen molar-refractivity contribution in [1.29, 1.82) is 0 Å². The third-order valence-electron chi connectivity index (χ3n) is 4.91. The molecule has 0 N–H and O–H groups in total. The van der Waals surface area contributed by atoms with Gasteiger partial charge >= 0.3 is 0 Å². The monoisotopic (exact) mass is 347 g/mol. The minimum Gasteiger partial charge on any atom is -0.495 e. The van der Waals surface area contributed by atoms with Gasteiger partial charge in [0.25, 0.3) is 0 Å². The molecule has 1 aromatic carbocycles. The molecule has 2 fully saturated rings. The van der Waals surface area contributed by atoms with Crippen molar-refractivity contribution >= 4 is 11.6 Å². The van der Waals surface area contributed by atoms with Crippen LogP contribution in [0.5, 0.6) is 5.75 Å². The minimum absolute atomic E-state index is 0.193. The van der Waals surface area contributed by atoms with Crippen LogP contribution >= 0.6 is 0 Å². The van der Waals surface area contributed by atoms with E-state index in [2.05, 4.69) is 29.7 Å². The van der Waals surface area contributed by atoms with Crippen molar-refractivity contribution in [3.8, 4) is 5.75 Å². The van der Waals surface area contributed by atoms with Gasteiger partial charge in [0.15, 0.2) is 0 Å². The van der Waals surface area contributed by atoms with Gasteiger partial charge in [-0.25, -0.2) is 0 Å². The Labute approximate surface area is 150 Å². The SMILES string of the molecule is COc1ccccc1N1CCN(C(=O)CN2C[C@@H](C)O[C@@H](C)C2)CC1. The Kier molecular flexibility index (Phi) is 5.81. The number of benzene rings is 1. The first-order valence-corrected chi connectivity index (χ1v) is 9.10. The number of morpholine rings is 1. The number of hydrogen-bond acceptors (Lipinski definition) is 5. The molecule has 138 valence electrons. The molecule has 2 aliphatic heterocycles. The molecule has 0 saturated carbocycles. The summed E-state index contributed by atoms with van der Waals surface area (Å²) in [6, 6.07) is 8.06. The molecule has 3 rings (SSSR count). The summed E-state index contributed by atoms with van der Waals surface area (Å²) >= 11 is 0. The zero-order chi connectivity index (χ0) is 17.8. The third-order valence-corrected chi connectivity index (χ3v) is 4.91. The van der Waals surface area contributed by atoms with Crippen molar-refractivity contribution in [1.82, 2.24) is 9.80 Å². The number of rotatable bonds is 4. The van der Waals surface area contributed by atoms with E-state index >= 15 is 0 Å². The molecular formula is C19H29N3O3. The fourth-order valence-electron chi connectivity index (χ4n) is 3.79. The predicted octanol–water partition coefficient (Wildman–Crippen LogP) is 1.45. The highest BCUT2D eigenvalue weighted by Crippen LogP contribution is 2.28. The lowest BCUT2D eigenvalue weighted by Crippen LogP contribution is -2.54. The number of nitrogens with zero attached hydrogens (tertiary/aromatic N) is 3. The lowest BCUT2D eigenvalue weighted by molar-refractivity contribution is -0.136. The standard InChI is InChI=1S/C19H29N3O3/c1-15-12-20(13-16(2)25-15)14-19(23)22-10-8-21(9-11-22)17-6-4-5-7-18(17)24-3/h4-7,15-16H,8-14H2,1-3H3/t15-,16+. The molecule has 0 aliphatic carbocycles. The van der Waals surface area contributed by atoms with Gasteiger partial charge in [0.05, 0.1) is 31.5 Å². The molecular weight excluding hydrogens is 318 g/mol. The summed E-state index contributed by atoms with van der Waals surface area (Å²) in [5, 5.41) is 0. The number of hydrogen-bond donors (Lipinski definition) is 0. The number of amides is 1. The molecule has 0 radical (unpaired) electrons. The molecule has 0 aromatic heterocycles. The van der Waals surface area contributed by atoms with Crippen molar-refractivity contribution < 1.29 is 14.3 Å². The van der Waals surface area contributed by atoms with Gasteiger partial charge in [0.1, 0.15) is 5.75 Å². The maximum absolute atomic E-state index is 12.6. The first-order valence-electron chi connectivity index (χ1n) is 9.10. The minimum atomic E-state index is 0.193. The van der Waals surface area contributed by atoms with E-state index in [1.165, 1.54) is 0 Å². The number of ether oxygens (including phenoxy) is 2. The second-order valence-corrected chi connectivity index (χ2v) is 6.99. The first kappa shape index (κ1) is 18.0. The van der Waals surface area contributed by atoms with Crippen molar-refractivity contribution in [3.63, 3.8) is 0 Å². The first-order chi connectivity index (χ1) is 12.1. The average Bonchev–Trinajstić information content (AvgIpc) is 2.61. The quantitative estimate of drug-likeness (QED) is 0.825. The van der Waals surface area contributed by atoms with Gasteiger partial charge in [-0.1, -0.05) is 12.1 Å². The van der Waals surface area contributed by atoms with E-state index in [-0.39, 0.29) is 18.1 Å². The predicted molar refractivity (Wildman–Crippen MR) is 98.2 cm³/mol. The maximum atomic E-state index is 12.6. The van der Waals surface area contributed by atoms with Crippen molar-refractivity contribution in [3.05, 3.63) is 24.3 Å². The van der Waals surface area contributed by atoms with E-state index < -0.39 is 0 Å². The summed E-state index contributed by atoms with van der Waals surface area (Å²) in [4.78, 5) is 19.1. The highest BCUT2D eigenvalue weighted by Gasteiger charge is 2.27. The van der Waals surface area contributed by atoms with Gasteiger partial charge in [-0.3, -0.25) is 9.69 Å². The zero-order valence-corrected chi connectivity index (χ0v) is 15.5. The Morgan fingerprint density at radius 3 is 2.40 bits per heavy atom. The highest BCUT2D eigenvalue weighted by molar-refractivity contribution is 5.78. The molecule has 25 heavy (non-hydrogen) atoms. The van der Waals surface area contributed by atoms with Crippen LogP contribution in [0.2, 0.25) is 0 Å². The molecule has 2 aliphatic rings. The maximum Gasteiger partial charge on any atom is 0.236 e. The third kappa shape index (κ3) is 4.44. The second kappa shape index (κ2) is 8.06. The van der Waals surface area contributed by atoms with Gasteiger partial charge in [0, 0.05) is 39.3 Å². The number of carbonyl (C=O) groups excluding carboxylic acids is 1. The number of anilines is 1. The largest absolute Gasteiger partial charge is 0.495 e. The second-order valence-electron chi connectivity index (χ2n) is 6.99. The molecule has 0 unspecified atom stereocenters. The Hall–Kier alpha value is -1.79. The van der Waals surface area contributed by atoms with Crippen LogP contribution in [0, 0.1) is 0 Å². The van der Waals surface area contributed by atoms with Crippen molar-refractivity contribution in [2.45, 2.75) is 26.1 Å². The van der Waals surface area contributed by atoms with Crippen LogP contribution in [0.3, 0.4) is 0 Å². The van der Waals surface area contributed by atoms with Gasteiger partial charge in [-0.2, -0.15) is 0 Å². The van der Waals surface area contributed by atoms with Crippen LogP contribution in [0.15, 0.2) is 24.3 Å². The molecule has 1 aromatic rings. The Bertz CT molecular complexity index is 577. The molecule has 2 atom stereocenters. The van der Waals surface area contributed by atoms with Crippen LogP contribution in [-0.4, -0.2) is 80.8 Å². The fourth-order valence-corrected chi connectivity index (χ4v) is 3.79. The fraction of sp³-hybridized carbons (Fsp3) is 0.632. The highest BCUT2D eigenvalue weighted by atomic mass is 16.5. The molecule has 1 amide bonds. The smallest absolute Gasteiger partial charge is 0.236 e. The van der Waals surface area contributed by atoms with E-state index in [9.17, 15) is 4.79 Å². The van der Waals surface area contributed by atoms with Crippen LogP contribution in [0.4, 0.5) is 5.69 Å². The van der Waals surface area contributed by atoms with Crippen molar-refractivity contribution in [2.24, 2.45) is 0 Å². The van der Waals surface area contributed by atoms with Crippen molar-refractivity contribution in [2.75, 3.05) is 57.8 Å². The molecule has 6 nitrogen and oxygen atoms in total. The van der Waals surface area contributed by atoms with Gasteiger partial charge in [-0.05, 0) is 26.0 Å². The number of piperazine rings is 1. The molecule has 2 saturated heterocycles.